The average Bonchev–Trinajstić information content (AvgIpc) is 3.24. The van der Waals surface area contributed by atoms with Crippen LogP contribution in [0.15, 0.2) is 18.5 Å². The topological polar surface area (TPSA) is 70.2 Å². The number of carbonyl (C=O) groups is 1. The Morgan fingerprint density at radius 2 is 2.28 bits per heavy atom. The van der Waals surface area contributed by atoms with Gasteiger partial charge in [-0.05, 0) is 31.5 Å². The van der Waals surface area contributed by atoms with Crippen LogP contribution in [-0.4, -0.2) is 52.6 Å². The van der Waals surface area contributed by atoms with Crippen molar-refractivity contribution in [2.24, 2.45) is 0 Å². The van der Waals surface area contributed by atoms with Gasteiger partial charge in [-0.15, -0.1) is 22.7 Å². The highest BCUT2D eigenvalue weighted by molar-refractivity contribution is 7.22. The number of hydrogen-bond donors (Lipinski definition) is 2. The molecule has 2 N–H and O–H groups in total. The number of anilines is 1. The van der Waals surface area contributed by atoms with E-state index in [0.717, 1.165) is 45.3 Å². The number of halogens is 1. The molecule has 29 heavy (non-hydrogen) atoms. The van der Waals surface area contributed by atoms with Gasteiger partial charge in [-0.3, -0.25) is 14.7 Å². The van der Waals surface area contributed by atoms with Gasteiger partial charge >= 0.3 is 0 Å². The highest BCUT2D eigenvalue weighted by Crippen LogP contribution is 2.44. The van der Waals surface area contributed by atoms with Crippen LogP contribution in [-0.2, 0) is 17.8 Å². The molecule has 0 unspecified atom stereocenters. The van der Waals surface area contributed by atoms with Crippen molar-refractivity contribution in [3.05, 3.63) is 28.9 Å². The van der Waals surface area contributed by atoms with Crippen LogP contribution >= 0.6 is 22.7 Å². The van der Waals surface area contributed by atoms with Crippen molar-refractivity contribution in [2.45, 2.75) is 32.0 Å². The molecule has 3 aromatic rings. The van der Waals surface area contributed by atoms with Gasteiger partial charge in [0.1, 0.15) is 21.2 Å². The van der Waals surface area contributed by atoms with E-state index in [1.54, 1.807) is 42.0 Å². The summed E-state index contributed by atoms with van der Waals surface area (Å²) in [6.45, 7) is 4.74. The molecular weight excluding hydrogens is 409 g/mol. The third-order valence-corrected chi connectivity index (χ3v) is 7.55. The lowest BCUT2D eigenvalue weighted by atomic mass is 9.99. The monoisotopic (exact) mass is 431 g/mol. The maximum atomic E-state index is 13.6. The molecule has 9 heteroatoms. The number of fused-ring (bicyclic) bond motifs is 2. The first-order valence-electron chi connectivity index (χ1n) is 9.76. The molecule has 3 aromatic heterocycles. The second kappa shape index (κ2) is 7.39. The van der Waals surface area contributed by atoms with E-state index in [1.807, 2.05) is 11.0 Å². The first kappa shape index (κ1) is 19.0. The fraction of sp³-hybridized carbons (Fsp3) is 0.450. The summed E-state index contributed by atoms with van der Waals surface area (Å²) in [5.74, 6) is -0.0342. The predicted molar refractivity (Wildman–Crippen MR) is 115 cm³/mol. The Balaban J connectivity index is 1.39. The van der Waals surface area contributed by atoms with Crippen molar-refractivity contribution in [3.63, 3.8) is 0 Å². The summed E-state index contributed by atoms with van der Waals surface area (Å²) in [7, 11) is 0. The van der Waals surface area contributed by atoms with E-state index < -0.39 is 5.67 Å². The van der Waals surface area contributed by atoms with Gasteiger partial charge < -0.3 is 10.6 Å². The normalized spacial score (nSPS) is 18.4. The van der Waals surface area contributed by atoms with Gasteiger partial charge in [0.25, 0.3) is 0 Å². The standard InChI is InChI=1S/C20H22FN5OS2/c1-20(21)10-26(11-20)7-4-16(27)25-19-17(12-2-5-23-9-15(12)29-19)18-24-13-8-22-6-3-14(13)28-18/h3,6,8,23H,2,4-5,7,9-11H2,1H3,(H,25,27). The second-order valence-corrected chi connectivity index (χ2v) is 10.1. The molecule has 1 amide bonds. The summed E-state index contributed by atoms with van der Waals surface area (Å²) in [6.07, 6.45) is 4.84. The zero-order chi connectivity index (χ0) is 20.0. The average molecular weight is 432 g/mol. The third kappa shape index (κ3) is 3.79. The molecule has 6 nitrogen and oxygen atoms in total. The van der Waals surface area contributed by atoms with Gasteiger partial charge in [0, 0.05) is 49.2 Å². The van der Waals surface area contributed by atoms with Crippen LogP contribution < -0.4 is 10.6 Å². The number of likely N-dealkylation sites (tertiary alicyclic amines) is 1. The van der Waals surface area contributed by atoms with E-state index in [2.05, 4.69) is 15.6 Å². The zero-order valence-corrected chi connectivity index (χ0v) is 17.8. The van der Waals surface area contributed by atoms with E-state index >= 15 is 0 Å². The molecule has 5 heterocycles. The molecule has 5 rings (SSSR count). The highest BCUT2D eigenvalue weighted by atomic mass is 32.1. The molecule has 0 atom stereocenters. The van der Waals surface area contributed by atoms with Gasteiger partial charge in [-0.2, -0.15) is 0 Å². The zero-order valence-electron chi connectivity index (χ0n) is 16.1. The van der Waals surface area contributed by atoms with Crippen molar-refractivity contribution >= 4 is 43.8 Å². The molecule has 0 saturated carbocycles. The number of nitrogens with one attached hydrogen (secondary N) is 2. The number of aromatic nitrogens is 2. The highest BCUT2D eigenvalue weighted by Gasteiger charge is 2.38. The number of thiazole rings is 1. The smallest absolute Gasteiger partial charge is 0.226 e. The minimum atomic E-state index is -1.11. The second-order valence-electron chi connectivity index (χ2n) is 7.92. The number of pyridine rings is 1. The number of nitrogens with zero attached hydrogens (tertiary/aromatic N) is 3. The number of alkyl halides is 1. The Morgan fingerprint density at radius 3 is 3.07 bits per heavy atom. The molecule has 0 spiro atoms. The summed E-state index contributed by atoms with van der Waals surface area (Å²) < 4.78 is 14.7. The van der Waals surface area contributed by atoms with Gasteiger partial charge in [-0.25, -0.2) is 9.37 Å². The number of hydrogen-bond acceptors (Lipinski definition) is 7. The van der Waals surface area contributed by atoms with E-state index in [4.69, 9.17) is 4.98 Å². The molecule has 2 aliphatic rings. The first-order chi connectivity index (χ1) is 14.0. The lowest BCUT2D eigenvalue weighted by molar-refractivity contribution is -0.117. The molecule has 152 valence electrons. The first-order valence-corrected chi connectivity index (χ1v) is 11.4. The van der Waals surface area contributed by atoms with Crippen LogP contribution in [0.25, 0.3) is 20.8 Å². The lowest BCUT2D eigenvalue weighted by Crippen LogP contribution is -2.57. The van der Waals surface area contributed by atoms with Crippen molar-refractivity contribution in [1.82, 2.24) is 20.2 Å². The fourth-order valence-corrected chi connectivity index (χ4v) is 6.34. The van der Waals surface area contributed by atoms with Gasteiger partial charge in [0.05, 0.1) is 10.9 Å². The van der Waals surface area contributed by atoms with Crippen LogP contribution in [0.3, 0.4) is 0 Å². The van der Waals surface area contributed by atoms with Gasteiger partial charge in [0.15, 0.2) is 0 Å². The molecule has 0 bridgehead atoms. The SMILES string of the molecule is CC1(F)CN(CCC(=O)Nc2sc3c(c2-c2nc4cnccc4s2)CCNC3)C1. The summed E-state index contributed by atoms with van der Waals surface area (Å²) >= 11 is 3.27. The minimum Gasteiger partial charge on any atom is -0.317 e. The molecule has 1 saturated heterocycles. The van der Waals surface area contributed by atoms with E-state index in [1.165, 1.54) is 10.4 Å². The summed E-state index contributed by atoms with van der Waals surface area (Å²) in [4.78, 5) is 24.8. The Bertz CT molecular complexity index is 1040. The van der Waals surface area contributed by atoms with Crippen LogP contribution in [0.4, 0.5) is 9.39 Å². The van der Waals surface area contributed by atoms with E-state index in [-0.39, 0.29) is 5.91 Å². The number of rotatable bonds is 5. The molecule has 0 aromatic carbocycles. The maximum Gasteiger partial charge on any atom is 0.226 e. The summed E-state index contributed by atoms with van der Waals surface area (Å²) in [6, 6.07) is 1.97. The number of carbonyl (C=O) groups excluding carboxylic acids is 1. The Morgan fingerprint density at radius 1 is 1.41 bits per heavy atom. The van der Waals surface area contributed by atoms with Gasteiger partial charge in [0.2, 0.25) is 5.91 Å². The fourth-order valence-electron chi connectivity index (χ4n) is 4.03. The molecule has 2 aliphatic heterocycles. The lowest BCUT2D eigenvalue weighted by Gasteiger charge is -2.42. The molecular formula is C20H22FN5OS2. The van der Waals surface area contributed by atoms with Crippen LogP contribution in [0.1, 0.15) is 23.8 Å². The molecule has 1 fully saturated rings. The molecule has 0 radical (unpaired) electrons. The van der Waals surface area contributed by atoms with E-state index in [9.17, 15) is 9.18 Å². The summed E-state index contributed by atoms with van der Waals surface area (Å²) in [5, 5.41) is 8.32. The Hall–Kier alpha value is -1.94. The number of thiophene rings is 1. The molecule has 0 aliphatic carbocycles. The van der Waals surface area contributed by atoms with Crippen LogP contribution in [0, 0.1) is 0 Å². The van der Waals surface area contributed by atoms with Crippen LogP contribution in [0.5, 0.6) is 0 Å². The van der Waals surface area contributed by atoms with Crippen molar-refractivity contribution in [1.29, 1.82) is 0 Å². The quantitative estimate of drug-likeness (QED) is 0.648. The van der Waals surface area contributed by atoms with Crippen LogP contribution in [0.2, 0.25) is 0 Å². The largest absolute Gasteiger partial charge is 0.317 e. The Labute approximate surface area is 176 Å². The predicted octanol–water partition coefficient (Wildman–Crippen LogP) is 3.44. The van der Waals surface area contributed by atoms with Crippen molar-refractivity contribution in [2.75, 3.05) is 31.5 Å². The third-order valence-electron chi connectivity index (χ3n) is 5.35. The summed E-state index contributed by atoms with van der Waals surface area (Å²) in [5.41, 5.74) is 2.12. The minimum absolute atomic E-state index is 0.0342. The van der Waals surface area contributed by atoms with E-state index in [0.29, 0.717) is 26.1 Å². The van der Waals surface area contributed by atoms with Crippen molar-refractivity contribution in [3.8, 4) is 10.6 Å². The maximum absolute atomic E-state index is 13.6. The van der Waals surface area contributed by atoms with Gasteiger partial charge in [-0.1, -0.05) is 0 Å². The Kier molecular flexibility index (Phi) is 4.85. The van der Waals surface area contributed by atoms with Crippen molar-refractivity contribution < 1.29 is 9.18 Å². The number of amides is 1.